The van der Waals surface area contributed by atoms with Crippen LogP contribution in [0.3, 0.4) is 0 Å². The molecule has 78 valence electrons. The Morgan fingerprint density at radius 3 is 3.07 bits per heavy atom. The molecule has 1 aromatic rings. The molecule has 1 aliphatic rings. The van der Waals surface area contributed by atoms with Crippen molar-refractivity contribution in [1.82, 2.24) is 4.90 Å². The molecule has 14 heavy (non-hydrogen) atoms. The zero-order chi connectivity index (χ0) is 9.97. The van der Waals surface area contributed by atoms with Crippen molar-refractivity contribution in [3.05, 3.63) is 21.3 Å². The number of hydrogen-bond acceptors (Lipinski definition) is 3. The fourth-order valence-electron chi connectivity index (χ4n) is 1.83. The number of aliphatic hydroxyl groups excluding tert-OH is 1. The molecule has 0 aliphatic carbocycles. The maximum atomic E-state index is 9.50. The van der Waals surface area contributed by atoms with Gasteiger partial charge in [0.05, 0.1) is 10.4 Å². The second kappa shape index (κ2) is 4.62. The Kier molecular flexibility index (Phi) is 3.44. The molecule has 2 rings (SSSR count). The minimum atomic E-state index is -0.140. The van der Waals surface area contributed by atoms with Gasteiger partial charge in [-0.3, -0.25) is 4.90 Å². The van der Waals surface area contributed by atoms with Gasteiger partial charge in [0.1, 0.15) is 0 Å². The number of piperidine rings is 1. The minimum Gasteiger partial charge on any atom is -0.392 e. The van der Waals surface area contributed by atoms with E-state index in [1.807, 2.05) is 6.07 Å². The first kappa shape index (κ1) is 10.4. The van der Waals surface area contributed by atoms with E-state index in [4.69, 9.17) is 11.6 Å². The van der Waals surface area contributed by atoms with Gasteiger partial charge in [0.2, 0.25) is 0 Å². The van der Waals surface area contributed by atoms with Crippen LogP contribution < -0.4 is 0 Å². The van der Waals surface area contributed by atoms with E-state index in [2.05, 4.69) is 11.0 Å². The van der Waals surface area contributed by atoms with E-state index in [-0.39, 0.29) is 6.10 Å². The van der Waals surface area contributed by atoms with Gasteiger partial charge in [-0.25, -0.2) is 0 Å². The fraction of sp³-hybridized carbons (Fsp3) is 0.600. The van der Waals surface area contributed by atoms with Crippen molar-refractivity contribution in [3.8, 4) is 0 Å². The third-order valence-corrected chi connectivity index (χ3v) is 3.70. The van der Waals surface area contributed by atoms with Crippen molar-refractivity contribution < 1.29 is 5.11 Å². The Bertz CT molecular complexity index is 302. The minimum absolute atomic E-state index is 0.140. The molecule has 1 unspecified atom stereocenters. The zero-order valence-electron chi connectivity index (χ0n) is 7.95. The Hall–Kier alpha value is -0.0900. The summed E-state index contributed by atoms with van der Waals surface area (Å²) in [6.07, 6.45) is 1.90. The summed E-state index contributed by atoms with van der Waals surface area (Å²) in [4.78, 5) is 3.57. The van der Waals surface area contributed by atoms with Gasteiger partial charge in [0.25, 0.3) is 0 Å². The van der Waals surface area contributed by atoms with Crippen LogP contribution in [0, 0.1) is 0 Å². The van der Waals surface area contributed by atoms with Crippen LogP contribution in [0.4, 0.5) is 0 Å². The first-order chi connectivity index (χ1) is 6.74. The maximum absolute atomic E-state index is 9.50. The molecule has 1 fully saturated rings. The van der Waals surface area contributed by atoms with Gasteiger partial charge in [-0.1, -0.05) is 11.6 Å². The molecule has 2 nitrogen and oxygen atoms in total. The summed E-state index contributed by atoms with van der Waals surface area (Å²) < 4.78 is 0.845. The summed E-state index contributed by atoms with van der Waals surface area (Å²) in [6, 6.07) is 4.00. The summed E-state index contributed by atoms with van der Waals surface area (Å²) in [5.41, 5.74) is 0. The van der Waals surface area contributed by atoms with Crippen molar-refractivity contribution in [2.45, 2.75) is 25.5 Å². The lowest BCUT2D eigenvalue weighted by Crippen LogP contribution is -2.37. The third-order valence-electron chi connectivity index (χ3n) is 2.49. The van der Waals surface area contributed by atoms with Crippen molar-refractivity contribution in [1.29, 1.82) is 0 Å². The maximum Gasteiger partial charge on any atom is 0.0931 e. The molecule has 0 radical (unpaired) electrons. The van der Waals surface area contributed by atoms with E-state index in [9.17, 15) is 5.11 Å². The fourth-order valence-corrected chi connectivity index (χ4v) is 2.96. The van der Waals surface area contributed by atoms with Gasteiger partial charge >= 0.3 is 0 Å². The van der Waals surface area contributed by atoms with E-state index in [0.29, 0.717) is 0 Å². The first-order valence-corrected chi connectivity index (χ1v) is 6.08. The molecule has 1 saturated heterocycles. The lowest BCUT2D eigenvalue weighted by molar-refractivity contribution is 0.0673. The monoisotopic (exact) mass is 231 g/mol. The van der Waals surface area contributed by atoms with Crippen LogP contribution in [-0.2, 0) is 6.54 Å². The largest absolute Gasteiger partial charge is 0.392 e. The molecule has 0 aromatic carbocycles. The molecular weight excluding hydrogens is 218 g/mol. The third kappa shape index (κ3) is 2.70. The van der Waals surface area contributed by atoms with Crippen LogP contribution in [0.2, 0.25) is 4.34 Å². The summed E-state index contributed by atoms with van der Waals surface area (Å²) in [5.74, 6) is 0. The molecule has 2 heterocycles. The molecule has 4 heteroatoms. The number of rotatable bonds is 2. The Morgan fingerprint density at radius 2 is 2.43 bits per heavy atom. The van der Waals surface area contributed by atoms with Gasteiger partial charge in [-0.05, 0) is 31.5 Å². The van der Waals surface area contributed by atoms with Gasteiger partial charge < -0.3 is 5.11 Å². The molecule has 0 amide bonds. The highest BCUT2D eigenvalue weighted by molar-refractivity contribution is 7.16. The van der Waals surface area contributed by atoms with Gasteiger partial charge in [0.15, 0.2) is 0 Å². The van der Waals surface area contributed by atoms with E-state index in [1.54, 1.807) is 11.3 Å². The average Bonchev–Trinajstić information content (AvgIpc) is 2.51. The molecular formula is C10H14ClNOS. The molecule has 0 spiro atoms. The van der Waals surface area contributed by atoms with Gasteiger partial charge in [-0.2, -0.15) is 0 Å². The Morgan fingerprint density at radius 1 is 1.57 bits per heavy atom. The lowest BCUT2D eigenvalue weighted by Gasteiger charge is -2.29. The average molecular weight is 232 g/mol. The van der Waals surface area contributed by atoms with Crippen molar-refractivity contribution in [3.63, 3.8) is 0 Å². The summed E-state index contributed by atoms with van der Waals surface area (Å²) in [7, 11) is 0. The second-order valence-corrected chi connectivity index (χ2v) is 5.54. The highest BCUT2D eigenvalue weighted by Crippen LogP contribution is 2.23. The summed E-state index contributed by atoms with van der Waals surface area (Å²) in [5, 5.41) is 9.50. The molecule has 1 aromatic heterocycles. The zero-order valence-corrected chi connectivity index (χ0v) is 9.52. The number of hydrogen-bond donors (Lipinski definition) is 1. The van der Waals surface area contributed by atoms with Crippen LogP contribution in [-0.4, -0.2) is 29.2 Å². The molecule has 1 atom stereocenters. The lowest BCUT2D eigenvalue weighted by atomic mass is 10.1. The highest BCUT2D eigenvalue weighted by Gasteiger charge is 2.17. The Labute approximate surface area is 93.1 Å². The van der Waals surface area contributed by atoms with Gasteiger partial charge in [-0.15, -0.1) is 11.3 Å². The van der Waals surface area contributed by atoms with Crippen LogP contribution in [0.25, 0.3) is 0 Å². The molecule has 1 N–H and O–H groups in total. The Balaban J connectivity index is 1.90. The first-order valence-electron chi connectivity index (χ1n) is 4.88. The number of halogens is 1. The number of nitrogens with zero attached hydrogens (tertiary/aromatic N) is 1. The predicted molar refractivity (Wildman–Crippen MR) is 59.8 cm³/mol. The number of likely N-dealkylation sites (tertiary alicyclic amines) is 1. The van der Waals surface area contributed by atoms with Crippen LogP contribution in [0.15, 0.2) is 12.1 Å². The van der Waals surface area contributed by atoms with Crippen LogP contribution >= 0.6 is 22.9 Å². The SMILES string of the molecule is OC1CCCN(Cc2ccc(Cl)s2)C1. The quantitative estimate of drug-likeness (QED) is 0.845. The van der Waals surface area contributed by atoms with E-state index in [1.165, 1.54) is 4.88 Å². The van der Waals surface area contributed by atoms with Gasteiger partial charge in [0, 0.05) is 18.0 Å². The second-order valence-electron chi connectivity index (χ2n) is 3.74. The van der Waals surface area contributed by atoms with E-state index < -0.39 is 0 Å². The summed E-state index contributed by atoms with van der Waals surface area (Å²) >= 11 is 7.48. The molecule has 1 aliphatic heterocycles. The van der Waals surface area contributed by atoms with E-state index >= 15 is 0 Å². The van der Waals surface area contributed by atoms with Crippen molar-refractivity contribution >= 4 is 22.9 Å². The number of thiophene rings is 1. The van der Waals surface area contributed by atoms with Crippen molar-refractivity contribution in [2.75, 3.05) is 13.1 Å². The normalized spacial score (nSPS) is 24.0. The predicted octanol–water partition coefficient (Wildman–Crippen LogP) is 2.36. The smallest absolute Gasteiger partial charge is 0.0931 e. The number of aliphatic hydroxyl groups is 1. The standard InChI is InChI=1S/C10H14ClNOS/c11-10-4-3-9(14-10)7-12-5-1-2-8(13)6-12/h3-4,8,13H,1-2,5-7H2. The van der Waals surface area contributed by atoms with Crippen LogP contribution in [0.1, 0.15) is 17.7 Å². The van der Waals surface area contributed by atoms with Crippen LogP contribution in [0.5, 0.6) is 0 Å². The molecule has 0 saturated carbocycles. The van der Waals surface area contributed by atoms with Crippen molar-refractivity contribution in [2.24, 2.45) is 0 Å². The van der Waals surface area contributed by atoms with E-state index in [0.717, 1.165) is 36.8 Å². The molecule has 0 bridgehead atoms. The highest BCUT2D eigenvalue weighted by atomic mass is 35.5. The topological polar surface area (TPSA) is 23.5 Å². The number of β-amino-alcohol motifs (C(OH)–C–C–N with tert-alkyl or cyclic N) is 1. The summed E-state index contributed by atoms with van der Waals surface area (Å²) in [6.45, 7) is 2.82.